The highest BCUT2D eigenvalue weighted by molar-refractivity contribution is 7.08. The lowest BCUT2D eigenvalue weighted by Gasteiger charge is -2.15. The van der Waals surface area contributed by atoms with Gasteiger partial charge in [0.05, 0.1) is 23.0 Å². The van der Waals surface area contributed by atoms with E-state index >= 15 is 0 Å². The number of rotatable bonds is 5. The number of amides is 1. The van der Waals surface area contributed by atoms with Crippen molar-refractivity contribution in [2.75, 3.05) is 5.32 Å². The van der Waals surface area contributed by atoms with Gasteiger partial charge in [-0.15, -0.1) is 5.10 Å². The van der Waals surface area contributed by atoms with Crippen molar-refractivity contribution in [3.05, 3.63) is 34.3 Å². The molecule has 116 valence electrons. The number of carbonyl (C=O) groups is 2. The molecule has 7 nitrogen and oxygen atoms in total. The fraction of sp³-hybridized carbons (Fsp3) is 0.286. The first kappa shape index (κ1) is 15.9. The number of nitrogens with one attached hydrogen (secondary N) is 1. The zero-order valence-corrected chi connectivity index (χ0v) is 13.1. The monoisotopic (exact) mass is 321 g/mol. The number of carboxylic acid groups (broad SMARTS) is 1. The van der Waals surface area contributed by atoms with Gasteiger partial charge in [-0.25, -0.2) is 4.79 Å². The number of carboxylic acids is 1. The second-order valence-corrected chi connectivity index (χ2v) is 5.58. The quantitative estimate of drug-likeness (QED) is 0.877. The van der Waals surface area contributed by atoms with Crippen LogP contribution in [0.5, 0.6) is 5.75 Å². The first-order chi connectivity index (χ1) is 10.4. The van der Waals surface area contributed by atoms with E-state index in [0.29, 0.717) is 22.0 Å². The summed E-state index contributed by atoms with van der Waals surface area (Å²) in [6, 6.07) is 4.31. The van der Waals surface area contributed by atoms with E-state index in [1.54, 1.807) is 6.92 Å². The third-order valence-electron chi connectivity index (χ3n) is 2.70. The van der Waals surface area contributed by atoms with Gasteiger partial charge in [0.1, 0.15) is 10.6 Å². The number of hydrogen-bond acceptors (Lipinski definition) is 6. The van der Waals surface area contributed by atoms with Crippen molar-refractivity contribution in [1.82, 2.24) is 9.59 Å². The highest BCUT2D eigenvalue weighted by Gasteiger charge is 2.17. The first-order valence-electron chi connectivity index (χ1n) is 6.52. The molecule has 2 aromatic rings. The second-order valence-electron chi connectivity index (χ2n) is 4.82. The molecule has 0 bridgehead atoms. The number of benzene rings is 1. The van der Waals surface area contributed by atoms with Crippen molar-refractivity contribution in [2.24, 2.45) is 0 Å². The molecule has 0 spiro atoms. The molecule has 1 aromatic carbocycles. The standard InChI is InChI=1S/C14H15N3O4S/c1-7(2)21-11-5-4-9(14(19)20)6-10(11)15-13(18)12-8(3)16-17-22-12/h4-7H,1-3H3,(H,15,18)(H,19,20). The number of hydrogen-bond donors (Lipinski definition) is 2. The molecule has 0 fully saturated rings. The number of ether oxygens (including phenoxy) is 1. The lowest BCUT2D eigenvalue weighted by molar-refractivity contribution is 0.0696. The molecule has 0 unspecified atom stereocenters. The number of nitrogens with zero attached hydrogens (tertiary/aromatic N) is 2. The molecule has 0 aliphatic heterocycles. The Morgan fingerprint density at radius 3 is 2.64 bits per heavy atom. The Hall–Kier alpha value is -2.48. The summed E-state index contributed by atoms with van der Waals surface area (Å²) in [5.74, 6) is -1.07. The summed E-state index contributed by atoms with van der Waals surface area (Å²) < 4.78 is 9.30. The van der Waals surface area contributed by atoms with Crippen molar-refractivity contribution in [3.8, 4) is 5.75 Å². The van der Waals surface area contributed by atoms with Gasteiger partial charge in [-0.2, -0.15) is 0 Å². The number of aromatic carboxylic acids is 1. The third-order valence-corrected chi connectivity index (χ3v) is 3.52. The van der Waals surface area contributed by atoms with Crippen LogP contribution < -0.4 is 10.1 Å². The van der Waals surface area contributed by atoms with Gasteiger partial charge >= 0.3 is 5.97 Å². The average Bonchev–Trinajstić information content (AvgIpc) is 2.86. The van der Waals surface area contributed by atoms with Crippen molar-refractivity contribution < 1.29 is 19.4 Å². The van der Waals surface area contributed by atoms with Crippen molar-refractivity contribution >= 4 is 29.1 Å². The van der Waals surface area contributed by atoms with Crippen molar-refractivity contribution in [2.45, 2.75) is 26.9 Å². The smallest absolute Gasteiger partial charge is 0.335 e. The molecule has 0 atom stereocenters. The fourth-order valence-corrected chi connectivity index (χ4v) is 2.29. The number of aromatic nitrogens is 2. The Balaban J connectivity index is 2.34. The van der Waals surface area contributed by atoms with Gasteiger partial charge in [-0.05, 0) is 50.5 Å². The van der Waals surface area contributed by atoms with Gasteiger partial charge in [0, 0.05) is 0 Å². The lowest BCUT2D eigenvalue weighted by Crippen LogP contribution is -2.15. The predicted octanol–water partition coefficient (Wildman–Crippen LogP) is 2.58. The molecular formula is C14H15N3O4S. The van der Waals surface area contributed by atoms with Crippen LogP contribution in [0.3, 0.4) is 0 Å². The van der Waals surface area contributed by atoms with Gasteiger partial charge in [-0.1, -0.05) is 4.49 Å². The average molecular weight is 321 g/mol. The van der Waals surface area contributed by atoms with E-state index in [2.05, 4.69) is 14.9 Å². The zero-order valence-electron chi connectivity index (χ0n) is 12.3. The Bertz CT molecular complexity index is 712. The second kappa shape index (κ2) is 6.52. The van der Waals surface area contributed by atoms with Gasteiger partial charge < -0.3 is 15.2 Å². The summed E-state index contributed by atoms with van der Waals surface area (Å²) >= 11 is 0.977. The number of anilines is 1. The van der Waals surface area contributed by atoms with Crippen molar-refractivity contribution in [3.63, 3.8) is 0 Å². The van der Waals surface area contributed by atoms with Gasteiger partial charge in [0.25, 0.3) is 5.91 Å². The maximum absolute atomic E-state index is 12.2. The van der Waals surface area contributed by atoms with Crippen LogP contribution in [0.1, 0.15) is 39.6 Å². The van der Waals surface area contributed by atoms with Gasteiger partial charge in [0.2, 0.25) is 0 Å². The zero-order chi connectivity index (χ0) is 16.3. The first-order valence-corrected chi connectivity index (χ1v) is 7.30. The highest BCUT2D eigenvalue weighted by Crippen LogP contribution is 2.28. The Morgan fingerprint density at radius 1 is 1.36 bits per heavy atom. The maximum atomic E-state index is 12.2. The van der Waals surface area contributed by atoms with Crippen LogP contribution >= 0.6 is 11.5 Å². The van der Waals surface area contributed by atoms with Crippen LogP contribution in [0.25, 0.3) is 0 Å². The largest absolute Gasteiger partial charge is 0.489 e. The Kier molecular flexibility index (Phi) is 4.71. The van der Waals surface area contributed by atoms with E-state index in [4.69, 9.17) is 9.84 Å². The van der Waals surface area contributed by atoms with Gasteiger partial charge in [0.15, 0.2) is 0 Å². The maximum Gasteiger partial charge on any atom is 0.335 e. The molecule has 0 aliphatic carbocycles. The van der Waals surface area contributed by atoms with Crippen LogP contribution in [0.15, 0.2) is 18.2 Å². The SMILES string of the molecule is Cc1nnsc1C(=O)Nc1cc(C(=O)O)ccc1OC(C)C. The molecule has 1 aromatic heterocycles. The minimum Gasteiger partial charge on any atom is -0.489 e. The van der Waals surface area contributed by atoms with Crippen LogP contribution in [0, 0.1) is 6.92 Å². The van der Waals surface area contributed by atoms with E-state index in [9.17, 15) is 9.59 Å². The van der Waals surface area contributed by atoms with E-state index < -0.39 is 11.9 Å². The normalized spacial score (nSPS) is 10.5. The molecule has 0 radical (unpaired) electrons. The molecule has 0 aliphatic rings. The van der Waals surface area contributed by atoms with Crippen LogP contribution in [0.2, 0.25) is 0 Å². The van der Waals surface area contributed by atoms with E-state index in [1.807, 2.05) is 13.8 Å². The van der Waals surface area contributed by atoms with Crippen LogP contribution in [-0.4, -0.2) is 32.7 Å². The van der Waals surface area contributed by atoms with Gasteiger partial charge in [-0.3, -0.25) is 4.79 Å². The van der Waals surface area contributed by atoms with E-state index in [-0.39, 0.29) is 11.7 Å². The Morgan fingerprint density at radius 2 is 2.09 bits per heavy atom. The minimum absolute atomic E-state index is 0.0607. The molecule has 1 heterocycles. The molecule has 22 heavy (non-hydrogen) atoms. The molecule has 0 saturated carbocycles. The predicted molar refractivity (Wildman–Crippen MR) is 81.8 cm³/mol. The molecule has 8 heteroatoms. The van der Waals surface area contributed by atoms with E-state index in [1.165, 1.54) is 18.2 Å². The summed E-state index contributed by atoms with van der Waals surface area (Å²) in [5.41, 5.74) is 0.875. The summed E-state index contributed by atoms with van der Waals surface area (Å²) in [7, 11) is 0. The van der Waals surface area contributed by atoms with Crippen molar-refractivity contribution in [1.29, 1.82) is 0 Å². The molecule has 2 N–H and O–H groups in total. The third kappa shape index (κ3) is 3.59. The lowest BCUT2D eigenvalue weighted by atomic mass is 10.2. The number of aryl methyl sites for hydroxylation is 1. The highest BCUT2D eigenvalue weighted by atomic mass is 32.1. The summed E-state index contributed by atoms with van der Waals surface area (Å²) in [6.07, 6.45) is -0.113. The Labute approximate surface area is 131 Å². The summed E-state index contributed by atoms with van der Waals surface area (Å²) in [5, 5.41) is 15.5. The fourth-order valence-electron chi connectivity index (χ4n) is 1.74. The topological polar surface area (TPSA) is 101 Å². The molecule has 1 amide bonds. The summed E-state index contributed by atoms with van der Waals surface area (Å²) in [4.78, 5) is 23.7. The summed E-state index contributed by atoms with van der Waals surface area (Å²) in [6.45, 7) is 5.36. The van der Waals surface area contributed by atoms with E-state index in [0.717, 1.165) is 11.5 Å². The number of carbonyl (C=O) groups excluding carboxylic acids is 1. The van der Waals surface area contributed by atoms with Crippen LogP contribution in [-0.2, 0) is 0 Å². The van der Waals surface area contributed by atoms with Crippen LogP contribution in [0.4, 0.5) is 5.69 Å². The molecular weight excluding hydrogens is 306 g/mol. The molecule has 2 rings (SSSR count). The minimum atomic E-state index is -1.08. The molecule has 0 saturated heterocycles.